The van der Waals surface area contributed by atoms with Gasteiger partial charge in [-0.15, -0.1) is 10.2 Å². The van der Waals surface area contributed by atoms with E-state index in [1.54, 1.807) is 17.7 Å². The highest BCUT2D eigenvalue weighted by Crippen LogP contribution is 2.29. The fraction of sp³-hybridized carbons (Fsp3) is 0.160. The first-order valence-corrected chi connectivity index (χ1v) is 11.6. The Morgan fingerprint density at radius 1 is 1.03 bits per heavy atom. The second-order valence-corrected chi connectivity index (χ2v) is 8.35. The van der Waals surface area contributed by atoms with Crippen LogP contribution in [0, 0.1) is 11.6 Å². The predicted molar refractivity (Wildman–Crippen MR) is 129 cm³/mol. The molecule has 180 valence electrons. The van der Waals surface area contributed by atoms with Gasteiger partial charge in [-0.05, 0) is 43.3 Å². The lowest BCUT2D eigenvalue weighted by atomic mass is 10.3. The molecule has 0 saturated heterocycles. The molecule has 0 aliphatic rings. The minimum atomic E-state index is -0.846. The van der Waals surface area contributed by atoms with E-state index < -0.39 is 23.6 Å². The molecular weight excluding hydrogens is 474 g/mol. The Bertz CT molecular complexity index is 1320. The molecule has 0 bridgehead atoms. The van der Waals surface area contributed by atoms with E-state index in [4.69, 9.17) is 9.47 Å². The number of carbonyl (C=O) groups excluding carboxylic acids is 1. The number of nitrogens with one attached hydrogen (secondary N) is 1. The molecule has 4 rings (SSSR count). The van der Waals surface area contributed by atoms with Gasteiger partial charge in [-0.25, -0.2) is 8.78 Å². The van der Waals surface area contributed by atoms with E-state index in [-0.39, 0.29) is 11.4 Å². The molecule has 1 amide bonds. The van der Waals surface area contributed by atoms with Crippen LogP contribution in [0.15, 0.2) is 78.0 Å². The van der Waals surface area contributed by atoms with Crippen molar-refractivity contribution in [1.82, 2.24) is 14.8 Å². The largest absolute Gasteiger partial charge is 0.497 e. The molecule has 3 aromatic carbocycles. The minimum Gasteiger partial charge on any atom is -0.497 e. The molecule has 1 unspecified atom stereocenters. The smallest absolute Gasteiger partial charge is 0.234 e. The van der Waals surface area contributed by atoms with Crippen molar-refractivity contribution >= 4 is 23.4 Å². The first kappa shape index (κ1) is 24.2. The third-order valence-corrected chi connectivity index (χ3v) is 5.86. The van der Waals surface area contributed by atoms with Crippen LogP contribution in [0.2, 0.25) is 0 Å². The van der Waals surface area contributed by atoms with Crippen LogP contribution in [0.5, 0.6) is 11.5 Å². The zero-order valence-electron chi connectivity index (χ0n) is 18.9. The maximum Gasteiger partial charge on any atom is 0.234 e. The molecule has 1 heterocycles. The number of hydrogen-bond donors (Lipinski definition) is 1. The predicted octanol–water partition coefficient (Wildman–Crippen LogP) is 5.42. The number of anilines is 1. The number of amides is 1. The van der Waals surface area contributed by atoms with E-state index >= 15 is 0 Å². The van der Waals surface area contributed by atoms with Crippen LogP contribution in [0.25, 0.3) is 5.69 Å². The summed E-state index contributed by atoms with van der Waals surface area (Å²) in [5.74, 6) is -0.289. The first-order chi connectivity index (χ1) is 16.9. The molecule has 7 nitrogen and oxygen atoms in total. The molecule has 0 aliphatic carbocycles. The quantitative estimate of drug-likeness (QED) is 0.312. The molecule has 1 aromatic heterocycles. The van der Waals surface area contributed by atoms with Crippen LogP contribution in [0.3, 0.4) is 0 Å². The van der Waals surface area contributed by atoms with E-state index in [1.165, 1.54) is 6.07 Å². The minimum absolute atomic E-state index is 0.0626. The number of halogens is 2. The summed E-state index contributed by atoms with van der Waals surface area (Å²) >= 11 is 1.13. The number of aromatic nitrogens is 3. The van der Waals surface area contributed by atoms with Crippen LogP contribution in [-0.2, 0) is 4.79 Å². The molecule has 10 heteroatoms. The first-order valence-electron chi connectivity index (χ1n) is 10.6. The number of para-hydroxylation sites is 1. The Kier molecular flexibility index (Phi) is 7.61. The fourth-order valence-corrected chi connectivity index (χ4v) is 4.06. The monoisotopic (exact) mass is 496 g/mol. The topological polar surface area (TPSA) is 78.3 Å². The fourth-order valence-electron chi connectivity index (χ4n) is 3.30. The van der Waals surface area contributed by atoms with Crippen LogP contribution in [-0.4, -0.2) is 33.5 Å². The number of ether oxygens (including phenoxy) is 2. The lowest BCUT2D eigenvalue weighted by Crippen LogP contribution is -2.16. The van der Waals surface area contributed by atoms with Crippen molar-refractivity contribution in [3.8, 4) is 17.2 Å². The zero-order chi connectivity index (χ0) is 24.8. The Morgan fingerprint density at radius 3 is 2.54 bits per heavy atom. The highest BCUT2D eigenvalue weighted by atomic mass is 32.2. The van der Waals surface area contributed by atoms with Crippen molar-refractivity contribution in [2.45, 2.75) is 18.2 Å². The summed E-state index contributed by atoms with van der Waals surface area (Å²) in [5, 5.41) is 11.5. The highest BCUT2D eigenvalue weighted by Gasteiger charge is 2.22. The molecule has 1 atom stereocenters. The van der Waals surface area contributed by atoms with Gasteiger partial charge in [-0.1, -0.05) is 36.0 Å². The number of benzene rings is 3. The average molecular weight is 497 g/mol. The second kappa shape index (κ2) is 11.0. The van der Waals surface area contributed by atoms with E-state index in [1.807, 2.05) is 55.5 Å². The van der Waals surface area contributed by atoms with Gasteiger partial charge in [0, 0.05) is 17.8 Å². The molecule has 35 heavy (non-hydrogen) atoms. The van der Waals surface area contributed by atoms with Gasteiger partial charge >= 0.3 is 0 Å². The number of nitrogens with zero attached hydrogens (tertiary/aromatic N) is 3. The Morgan fingerprint density at radius 2 is 1.80 bits per heavy atom. The third kappa shape index (κ3) is 5.96. The third-order valence-electron chi connectivity index (χ3n) is 4.93. The number of thioether (sulfide) groups is 1. The van der Waals surface area contributed by atoms with Crippen molar-refractivity contribution in [3.63, 3.8) is 0 Å². The summed E-state index contributed by atoms with van der Waals surface area (Å²) in [4.78, 5) is 12.4. The highest BCUT2D eigenvalue weighted by molar-refractivity contribution is 7.99. The molecule has 1 N–H and O–H groups in total. The Hall–Kier alpha value is -3.92. The van der Waals surface area contributed by atoms with Gasteiger partial charge in [0.2, 0.25) is 5.91 Å². The van der Waals surface area contributed by atoms with Gasteiger partial charge < -0.3 is 14.8 Å². The summed E-state index contributed by atoms with van der Waals surface area (Å²) in [6.45, 7) is 1.85. The van der Waals surface area contributed by atoms with Crippen molar-refractivity contribution < 1.29 is 23.0 Å². The molecular formula is C25H22F2N4O3S. The van der Waals surface area contributed by atoms with Crippen LogP contribution >= 0.6 is 11.8 Å². The molecule has 0 fully saturated rings. The van der Waals surface area contributed by atoms with E-state index in [9.17, 15) is 13.6 Å². The number of carbonyl (C=O) groups is 1. The Balaban J connectivity index is 1.54. The summed E-state index contributed by atoms with van der Waals surface area (Å²) in [6.07, 6.45) is -0.480. The molecule has 4 aromatic rings. The SMILES string of the molecule is COc1cccc(OC(C)c2nnc(SCC(=O)Nc3ccc(F)cc3F)n2-c2ccccc2)c1. The molecule has 0 radical (unpaired) electrons. The number of rotatable bonds is 9. The molecule has 0 spiro atoms. The van der Waals surface area contributed by atoms with Crippen LogP contribution < -0.4 is 14.8 Å². The van der Waals surface area contributed by atoms with Gasteiger partial charge in [-0.2, -0.15) is 0 Å². The number of methoxy groups -OCH3 is 1. The van der Waals surface area contributed by atoms with Gasteiger partial charge in [0.05, 0.1) is 18.6 Å². The van der Waals surface area contributed by atoms with Crippen molar-refractivity contribution in [2.75, 3.05) is 18.2 Å². The van der Waals surface area contributed by atoms with Gasteiger partial charge in [-0.3, -0.25) is 9.36 Å². The van der Waals surface area contributed by atoms with Gasteiger partial charge in [0.15, 0.2) is 17.1 Å². The van der Waals surface area contributed by atoms with Crippen molar-refractivity contribution in [1.29, 1.82) is 0 Å². The molecule has 0 saturated carbocycles. The lowest BCUT2D eigenvalue weighted by Gasteiger charge is -2.17. The van der Waals surface area contributed by atoms with E-state index in [2.05, 4.69) is 15.5 Å². The lowest BCUT2D eigenvalue weighted by molar-refractivity contribution is -0.113. The van der Waals surface area contributed by atoms with Crippen LogP contribution in [0.1, 0.15) is 18.9 Å². The summed E-state index contributed by atoms with van der Waals surface area (Å²) in [5.41, 5.74) is 0.698. The van der Waals surface area contributed by atoms with Crippen molar-refractivity contribution in [2.24, 2.45) is 0 Å². The van der Waals surface area contributed by atoms with E-state index in [0.717, 1.165) is 23.5 Å². The Labute approximate surface area is 205 Å². The maximum absolute atomic E-state index is 13.9. The normalized spacial score (nSPS) is 11.7. The maximum atomic E-state index is 13.9. The van der Waals surface area contributed by atoms with Gasteiger partial charge in [0.1, 0.15) is 23.1 Å². The van der Waals surface area contributed by atoms with E-state index in [0.29, 0.717) is 28.5 Å². The second-order valence-electron chi connectivity index (χ2n) is 7.41. The summed E-state index contributed by atoms with van der Waals surface area (Å²) < 4.78 is 40.1. The van der Waals surface area contributed by atoms with Crippen LogP contribution in [0.4, 0.5) is 14.5 Å². The zero-order valence-corrected chi connectivity index (χ0v) is 19.8. The summed E-state index contributed by atoms with van der Waals surface area (Å²) in [7, 11) is 1.58. The van der Waals surface area contributed by atoms with Crippen molar-refractivity contribution in [3.05, 3.63) is 90.3 Å². The standard InChI is InChI=1S/C25H22F2N4O3S/c1-16(34-20-10-6-9-19(14-20)33-2)24-29-30-25(31(24)18-7-4-3-5-8-18)35-15-23(32)28-22-12-11-17(26)13-21(22)27/h3-14,16H,15H2,1-2H3,(H,28,32). The number of hydrogen-bond acceptors (Lipinski definition) is 6. The molecule has 0 aliphatic heterocycles. The summed E-state index contributed by atoms with van der Waals surface area (Å²) in [6, 6.07) is 19.6. The average Bonchev–Trinajstić information content (AvgIpc) is 3.29. The van der Waals surface area contributed by atoms with Gasteiger partial charge in [0.25, 0.3) is 0 Å².